The van der Waals surface area contributed by atoms with E-state index < -0.39 is 24.5 Å². The molecule has 0 bridgehead atoms. The summed E-state index contributed by atoms with van der Waals surface area (Å²) < 4.78 is 20.1. The quantitative estimate of drug-likeness (QED) is 0.550. The van der Waals surface area contributed by atoms with E-state index in [1.165, 1.54) is 0 Å². The van der Waals surface area contributed by atoms with Crippen LogP contribution in [-0.4, -0.2) is 37.7 Å². The fourth-order valence-electron chi connectivity index (χ4n) is 1.76. The van der Waals surface area contributed by atoms with Crippen molar-refractivity contribution in [2.75, 3.05) is 13.2 Å². The lowest BCUT2D eigenvalue weighted by atomic mass is 10.3. The van der Waals surface area contributed by atoms with Gasteiger partial charge in [-0.1, -0.05) is 0 Å². The average molecular weight is 256 g/mol. The highest BCUT2D eigenvalue weighted by atomic mass is 16.7. The lowest BCUT2D eigenvalue weighted by molar-refractivity contribution is -0.166. The molecule has 0 amide bonds. The van der Waals surface area contributed by atoms with Crippen molar-refractivity contribution in [3.8, 4) is 0 Å². The molecule has 0 aromatic carbocycles. The first-order valence-electron chi connectivity index (χ1n) is 6.06. The third kappa shape index (κ3) is 4.12. The molecule has 6 nitrogen and oxygen atoms in total. The Balaban J connectivity index is 1.68. The van der Waals surface area contributed by atoms with Crippen LogP contribution in [0, 0.1) is 0 Å². The SMILES string of the molecule is O=C(/C=C\C(=O)OC1CCCO1)OC1CCCO1. The van der Waals surface area contributed by atoms with Crippen LogP contribution in [-0.2, 0) is 28.5 Å². The van der Waals surface area contributed by atoms with Crippen LogP contribution in [0.3, 0.4) is 0 Å². The van der Waals surface area contributed by atoms with Gasteiger partial charge in [0.05, 0.1) is 13.2 Å². The molecule has 18 heavy (non-hydrogen) atoms. The molecule has 0 aliphatic carbocycles. The Morgan fingerprint density at radius 3 is 1.67 bits per heavy atom. The van der Waals surface area contributed by atoms with Gasteiger partial charge in [-0.15, -0.1) is 0 Å². The summed E-state index contributed by atoms with van der Waals surface area (Å²) in [6, 6.07) is 0. The van der Waals surface area contributed by atoms with E-state index in [0.29, 0.717) is 26.1 Å². The maximum atomic E-state index is 11.3. The maximum Gasteiger partial charge on any atom is 0.333 e. The number of ether oxygens (including phenoxy) is 4. The predicted octanol–water partition coefficient (Wildman–Crippen LogP) is 0.902. The van der Waals surface area contributed by atoms with E-state index in [1.54, 1.807) is 0 Å². The van der Waals surface area contributed by atoms with Crippen molar-refractivity contribution in [3.05, 3.63) is 12.2 Å². The van der Waals surface area contributed by atoms with Gasteiger partial charge in [0.1, 0.15) is 0 Å². The molecule has 0 saturated carbocycles. The summed E-state index contributed by atoms with van der Waals surface area (Å²) in [5, 5.41) is 0. The summed E-state index contributed by atoms with van der Waals surface area (Å²) in [4.78, 5) is 22.6. The summed E-state index contributed by atoms with van der Waals surface area (Å²) >= 11 is 0. The largest absolute Gasteiger partial charge is 0.433 e. The first-order chi connectivity index (χ1) is 8.74. The lowest BCUT2D eigenvalue weighted by Gasteiger charge is -2.09. The molecule has 6 heteroatoms. The monoisotopic (exact) mass is 256 g/mol. The van der Waals surface area contributed by atoms with Gasteiger partial charge in [-0.2, -0.15) is 0 Å². The van der Waals surface area contributed by atoms with Crippen molar-refractivity contribution in [1.29, 1.82) is 0 Å². The number of carbonyl (C=O) groups is 2. The van der Waals surface area contributed by atoms with E-state index >= 15 is 0 Å². The minimum absolute atomic E-state index is 0.490. The Kier molecular flexibility index (Phi) is 4.72. The van der Waals surface area contributed by atoms with Crippen LogP contribution in [0.4, 0.5) is 0 Å². The van der Waals surface area contributed by atoms with E-state index in [2.05, 4.69) is 0 Å². The van der Waals surface area contributed by atoms with Crippen LogP contribution in [0.2, 0.25) is 0 Å². The normalized spacial score (nSPS) is 27.6. The van der Waals surface area contributed by atoms with E-state index in [1.807, 2.05) is 0 Å². The van der Waals surface area contributed by atoms with Crippen LogP contribution in [0.1, 0.15) is 25.7 Å². The Labute approximate surface area is 105 Å². The van der Waals surface area contributed by atoms with Crippen molar-refractivity contribution in [2.45, 2.75) is 38.3 Å². The molecule has 0 aromatic heterocycles. The minimum atomic E-state index is -0.605. The van der Waals surface area contributed by atoms with Crippen LogP contribution >= 0.6 is 0 Å². The van der Waals surface area contributed by atoms with Gasteiger partial charge in [0.15, 0.2) is 0 Å². The predicted molar refractivity (Wildman–Crippen MR) is 59.3 cm³/mol. The molecular weight excluding hydrogens is 240 g/mol. The zero-order chi connectivity index (χ0) is 12.8. The summed E-state index contributed by atoms with van der Waals surface area (Å²) in [7, 11) is 0. The average Bonchev–Trinajstić information content (AvgIpc) is 2.99. The molecular formula is C12H16O6. The van der Waals surface area contributed by atoms with Crippen LogP contribution in [0.25, 0.3) is 0 Å². The molecule has 2 atom stereocenters. The zero-order valence-corrected chi connectivity index (χ0v) is 10.0. The van der Waals surface area contributed by atoms with Crippen LogP contribution < -0.4 is 0 Å². The zero-order valence-electron chi connectivity index (χ0n) is 10.0. The van der Waals surface area contributed by atoms with E-state index in [4.69, 9.17) is 18.9 Å². The van der Waals surface area contributed by atoms with Gasteiger partial charge >= 0.3 is 11.9 Å². The van der Waals surface area contributed by atoms with Gasteiger partial charge < -0.3 is 18.9 Å². The van der Waals surface area contributed by atoms with Gasteiger partial charge in [0.25, 0.3) is 0 Å². The number of esters is 2. The van der Waals surface area contributed by atoms with E-state index in [9.17, 15) is 9.59 Å². The van der Waals surface area contributed by atoms with Crippen molar-refractivity contribution < 1.29 is 28.5 Å². The van der Waals surface area contributed by atoms with Crippen LogP contribution in [0.5, 0.6) is 0 Å². The number of rotatable bonds is 4. The summed E-state index contributed by atoms with van der Waals surface area (Å²) in [5.41, 5.74) is 0. The number of carbonyl (C=O) groups excluding carboxylic acids is 2. The molecule has 2 rings (SSSR count). The van der Waals surface area contributed by atoms with Gasteiger partial charge in [-0.3, -0.25) is 0 Å². The smallest absolute Gasteiger partial charge is 0.333 e. The van der Waals surface area contributed by atoms with Gasteiger partial charge in [0.2, 0.25) is 12.6 Å². The number of hydrogen-bond donors (Lipinski definition) is 0. The van der Waals surface area contributed by atoms with Crippen molar-refractivity contribution in [2.24, 2.45) is 0 Å². The second-order valence-electron chi connectivity index (χ2n) is 4.09. The highest BCUT2D eigenvalue weighted by Crippen LogP contribution is 2.14. The first-order valence-corrected chi connectivity index (χ1v) is 6.06. The molecule has 0 radical (unpaired) electrons. The summed E-state index contributed by atoms with van der Waals surface area (Å²) in [6.07, 6.45) is 4.25. The van der Waals surface area contributed by atoms with Crippen molar-refractivity contribution in [3.63, 3.8) is 0 Å². The fraction of sp³-hybridized carbons (Fsp3) is 0.667. The fourth-order valence-corrected chi connectivity index (χ4v) is 1.76. The molecule has 2 unspecified atom stereocenters. The molecule has 0 spiro atoms. The third-order valence-electron chi connectivity index (χ3n) is 2.63. The topological polar surface area (TPSA) is 71.1 Å². The first kappa shape index (κ1) is 13.0. The van der Waals surface area contributed by atoms with Crippen LogP contribution in [0.15, 0.2) is 12.2 Å². The standard InChI is InChI=1S/C12H16O6/c13-9(17-11-3-1-7-15-11)5-6-10(14)18-12-4-2-8-16-12/h5-6,11-12H,1-4,7-8H2/b6-5-. The van der Waals surface area contributed by atoms with Gasteiger partial charge in [0, 0.05) is 25.0 Å². The van der Waals surface area contributed by atoms with Gasteiger partial charge in [-0.25, -0.2) is 9.59 Å². The second kappa shape index (κ2) is 6.51. The lowest BCUT2D eigenvalue weighted by Crippen LogP contribution is -2.17. The Bertz CT molecular complexity index is 293. The molecule has 2 aliphatic rings. The Hall–Kier alpha value is -1.40. The summed E-state index contributed by atoms with van der Waals surface area (Å²) in [6.45, 7) is 1.20. The number of hydrogen-bond acceptors (Lipinski definition) is 6. The molecule has 2 saturated heterocycles. The summed E-state index contributed by atoms with van der Waals surface area (Å²) in [5.74, 6) is -1.21. The Morgan fingerprint density at radius 1 is 0.889 bits per heavy atom. The van der Waals surface area contributed by atoms with E-state index in [0.717, 1.165) is 25.0 Å². The maximum absolute atomic E-state index is 11.3. The highest BCUT2D eigenvalue weighted by Gasteiger charge is 2.20. The molecule has 100 valence electrons. The molecule has 0 N–H and O–H groups in total. The molecule has 2 heterocycles. The van der Waals surface area contributed by atoms with E-state index in [-0.39, 0.29) is 0 Å². The minimum Gasteiger partial charge on any atom is -0.433 e. The second-order valence-corrected chi connectivity index (χ2v) is 4.09. The Morgan fingerprint density at radius 2 is 1.33 bits per heavy atom. The third-order valence-corrected chi connectivity index (χ3v) is 2.63. The van der Waals surface area contributed by atoms with Crippen molar-refractivity contribution in [1.82, 2.24) is 0 Å². The van der Waals surface area contributed by atoms with Crippen molar-refractivity contribution >= 4 is 11.9 Å². The highest BCUT2D eigenvalue weighted by molar-refractivity contribution is 5.91. The molecule has 2 aliphatic heterocycles. The molecule has 2 fully saturated rings. The molecule has 0 aromatic rings. The van der Waals surface area contributed by atoms with Gasteiger partial charge in [-0.05, 0) is 12.8 Å².